The Labute approximate surface area is 122 Å². The minimum Gasteiger partial charge on any atom is -0.384 e. The van der Waals surface area contributed by atoms with E-state index in [0.29, 0.717) is 0 Å². The average Bonchev–Trinajstić information content (AvgIpc) is 2.44. The van der Waals surface area contributed by atoms with Crippen molar-refractivity contribution in [3.8, 4) is 0 Å². The van der Waals surface area contributed by atoms with Crippen molar-refractivity contribution < 1.29 is 4.92 Å². The molecule has 0 saturated heterocycles. The molecule has 0 spiro atoms. The van der Waals surface area contributed by atoms with Crippen LogP contribution >= 0.6 is 11.6 Å². The van der Waals surface area contributed by atoms with Crippen molar-refractivity contribution >= 4 is 23.0 Å². The van der Waals surface area contributed by atoms with Crippen LogP contribution in [0.5, 0.6) is 0 Å². The Kier molecular flexibility index (Phi) is 4.58. The first-order valence-electron chi connectivity index (χ1n) is 6.30. The highest BCUT2D eigenvalue weighted by atomic mass is 35.5. The Morgan fingerprint density at radius 1 is 1.20 bits per heavy atom. The van der Waals surface area contributed by atoms with E-state index in [9.17, 15) is 10.1 Å². The molecular weight excluding hydrogens is 276 g/mol. The highest BCUT2D eigenvalue weighted by Crippen LogP contribution is 2.22. The lowest BCUT2D eigenvalue weighted by molar-refractivity contribution is -0.384. The number of anilines is 1. The molecule has 0 saturated carbocycles. The number of rotatable bonds is 5. The molecule has 0 atom stereocenters. The molecular formula is C15H15ClN2O2. The van der Waals surface area contributed by atoms with Crippen LogP contribution in [-0.4, -0.2) is 11.5 Å². The maximum Gasteiger partial charge on any atom is 0.269 e. The van der Waals surface area contributed by atoms with E-state index in [4.69, 9.17) is 11.6 Å². The summed E-state index contributed by atoms with van der Waals surface area (Å²) in [5.41, 5.74) is 3.22. The molecule has 0 heterocycles. The molecule has 0 aliphatic rings. The third-order valence-electron chi connectivity index (χ3n) is 3.14. The van der Waals surface area contributed by atoms with Crippen LogP contribution < -0.4 is 5.32 Å². The number of nitrogens with zero attached hydrogens (tertiary/aromatic N) is 1. The summed E-state index contributed by atoms with van der Waals surface area (Å²) in [7, 11) is 0. The first-order valence-corrected chi connectivity index (χ1v) is 6.68. The zero-order valence-electron chi connectivity index (χ0n) is 11.1. The van der Waals surface area contributed by atoms with Crippen LogP contribution in [0, 0.1) is 17.0 Å². The summed E-state index contributed by atoms with van der Waals surface area (Å²) in [5.74, 6) is 0. The lowest BCUT2D eigenvalue weighted by Gasteiger charge is -2.10. The normalized spacial score (nSPS) is 10.3. The second kappa shape index (κ2) is 6.39. The Morgan fingerprint density at radius 3 is 2.55 bits per heavy atom. The number of nitro groups is 1. The third-order valence-corrected chi connectivity index (χ3v) is 3.55. The molecule has 0 fully saturated rings. The molecule has 0 unspecified atom stereocenters. The van der Waals surface area contributed by atoms with Crippen LogP contribution in [0.1, 0.15) is 11.1 Å². The van der Waals surface area contributed by atoms with Crippen molar-refractivity contribution in [2.45, 2.75) is 13.3 Å². The summed E-state index contributed by atoms with van der Waals surface area (Å²) in [6.07, 6.45) is 0.796. The molecule has 2 rings (SSSR count). The first kappa shape index (κ1) is 14.3. The van der Waals surface area contributed by atoms with Crippen molar-refractivity contribution in [2.24, 2.45) is 0 Å². The van der Waals surface area contributed by atoms with Crippen LogP contribution in [-0.2, 0) is 6.42 Å². The summed E-state index contributed by atoms with van der Waals surface area (Å²) in [5, 5.41) is 14.6. The molecule has 4 nitrogen and oxygen atoms in total. The second-order valence-corrected chi connectivity index (χ2v) is 4.92. The van der Waals surface area contributed by atoms with E-state index in [1.54, 1.807) is 12.1 Å². The molecule has 0 amide bonds. The predicted molar refractivity (Wildman–Crippen MR) is 81.5 cm³/mol. The maximum atomic E-state index is 10.6. The fourth-order valence-corrected chi connectivity index (χ4v) is 2.10. The van der Waals surface area contributed by atoms with Gasteiger partial charge in [0, 0.05) is 29.4 Å². The van der Waals surface area contributed by atoms with Crippen molar-refractivity contribution in [3.63, 3.8) is 0 Å². The van der Waals surface area contributed by atoms with Crippen LogP contribution in [0.3, 0.4) is 0 Å². The molecule has 0 radical (unpaired) electrons. The Bertz CT molecular complexity index is 612. The quantitative estimate of drug-likeness (QED) is 0.663. The lowest BCUT2D eigenvalue weighted by atomic mass is 10.1. The van der Waals surface area contributed by atoms with Crippen molar-refractivity contribution in [2.75, 3.05) is 11.9 Å². The molecule has 0 bridgehead atoms. The van der Waals surface area contributed by atoms with E-state index < -0.39 is 4.92 Å². The van der Waals surface area contributed by atoms with E-state index in [2.05, 4.69) is 5.32 Å². The van der Waals surface area contributed by atoms with Gasteiger partial charge in [0.25, 0.3) is 5.69 Å². The average molecular weight is 291 g/mol. The largest absolute Gasteiger partial charge is 0.384 e. The molecule has 104 valence electrons. The van der Waals surface area contributed by atoms with Gasteiger partial charge in [-0.05, 0) is 36.6 Å². The van der Waals surface area contributed by atoms with Gasteiger partial charge >= 0.3 is 0 Å². The number of nitro benzene ring substituents is 1. The van der Waals surface area contributed by atoms with E-state index in [-0.39, 0.29) is 5.69 Å². The standard InChI is InChI=1S/C15H15ClN2O2/c1-11-14(16)3-2-4-15(11)17-10-9-12-5-7-13(8-6-12)18(19)20/h2-8,17H,9-10H2,1H3. The molecule has 5 heteroatoms. The van der Waals surface area contributed by atoms with Gasteiger partial charge in [0.15, 0.2) is 0 Å². The van der Waals surface area contributed by atoms with E-state index in [1.165, 1.54) is 12.1 Å². The van der Waals surface area contributed by atoms with Gasteiger partial charge < -0.3 is 5.32 Å². The highest BCUT2D eigenvalue weighted by molar-refractivity contribution is 6.31. The van der Waals surface area contributed by atoms with Gasteiger partial charge in [0.2, 0.25) is 0 Å². The van der Waals surface area contributed by atoms with E-state index in [0.717, 1.165) is 34.8 Å². The molecule has 20 heavy (non-hydrogen) atoms. The Balaban J connectivity index is 1.92. The van der Waals surface area contributed by atoms with Gasteiger partial charge in [0.1, 0.15) is 0 Å². The molecule has 0 aromatic heterocycles. The maximum absolute atomic E-state index is 10.6. The predicted octanol–water partition coefficient (Wildman–Crippen LogP) is 4.21. The molecule has 1 N–H and O–H groups in total. The third kappa shape index (κ3) is 3.48. The molecule has 0 aliphatic carbocycles. The minimum atomic E-state index is -0.392. The van der Waals surface area contributed by atoms with Gasteiger partial charge in [-0.25, -0.2) is 0 Å². The van der Waals surface area contributed by atoms with Crippen LogP contribution in [0.2, 0.25) is 5.02 Å². The fraction of sp³-hybridized carbons (Fsp3) is 0.200. The van der Waals surface area contributed by atoms with Gasteiger partial charge in [-0.15, -0.1) is 0 Å². The SMILES string of the molecule is Cc1c(Cl)cccc1NCCc1ccc([N+](=O)[O-])cc1. The molecule has 2 aromatic carbocycles. The number of benzene rings is 2. The van der Waals surface area contributed by atoms with Gasteiger partial charge in [-0.3, -0.25) is 10.1 Å². The van der Waals surface area contributed by atoms with Crippen LogP contribution in [0.4, 0.5) is 11.4 Å². The van der Waals surface area contributed by atoms with E-state index in [1.807, 2.05) is 25.1 Å². The Morgan fingerprint density at radius 2 is 1.90 bits per heavy atom. The van der Waals surface area contributed by atoms with Gasteiger partial charge in [0.05, 0.1) is 4.92 Å². The molecule has 2 aromatic rings. The number of non-ortho nitro benzene ring substituents is 1. The summed E-state index contributed by atoms with van der Waals surface area (Å²) < 4.78 is 0. The summed E-state index contributed by atoms with van der Waals surface area (Å²) in [6.45, 7) is 2.72. The number of halogens is 1. The smallest absolute Gasteiger partial charge is 0.269 e. The zero-order chi connectivity index (χ0) is 14.5. The summed E-state index contributed by atoms with van der Waals surface area (Å²) >= 11 is 6.05. The van der Waals surface area contributed by atoms with E-state index >= 15 is 0 Å². The number of hydrogen-bond acceptors (Lipinski definition) is 3. The monoisotopic (exact) mass is 290 g/mol. The number of nitrogens with one attached hydrogen (secondary N) is 1. The van der Waals surface area contributed by atoms with Gasteiger partial charge in [-0.1, -0.05) is 29.8 Å². The lowest BCUT2D eigenvalue weighted by Crippen LogP contribution is -2.06. The Hall–Kier alpha value is -2.07. The minimum absolute atomic E-state index is 0.118. The van der Waals surface area contributed by atoms with Gasteiger partial charge in [-0.2, -0.15) is 0 Å². The summed E-state index contributed by atoms with van der Waals surface area (Å²) in [6, 6.07) is 12.4. The first-order chi connectivity index (χ1) is 9.58. The zero-order valence-corrected chi connectivity index (χ0v) is 11.9. The van der Waals surface area contributed by atoms with Crippen molar-refractivity contribution in [3.05, 3.63) is 68.7 Å². The highest BCUT2D eigenvalue weighted by Gasteiger charge is 2.04. The van der Waals surface area contributed by atoms with Crippen molar-refractivity contribution in [1.29, 1.82) is 0 Å². The van der Waals surface area contributed by atoms with Crippen molar-refractivity contribution in [1.82, 2.24) is 0 Å². The fourth-order valence-electron chi connectivity index (χ4n) is 1.92. The van der Waals surface area contributed by atoms with Crippen LogP contribution in [0.25, 0.3) is 0 Å². The summed E-state index contributed by atoms with van der Waals surface area (Å²) in [4.78, 5) is 10.2. The molecule has 0 aliphatic heterocycles. The topological polar surface area (TPSA) is 55.2 Å². The van der Waals surface area contributed by atoms with Crippen LogP contribution in [0.15, 0.2) is 42.5 Å². The number of hydrogen-bond donors (Lipinski definition) is 1. The second-order valence-electron chi connectivity index (χ2n) is 4.51.